The average molecular weight is 427 g/mol. The van der Waals surface area contributed by atoms with Crippen molar-refractivity contribution in [2.45, 2.75) is 36.3 Å². The van der Waals surface area contributed by atoms with E-state index < -0.39 is 0 Å². The molecule has 0 N–H and O–H groups in total. The summed E-state index contributed by atoms with van der Waals surface area (Å²) in [6.45, 7) is 3.76. The molecule has 3 aromatic rings. The van der Waals surface area contributed by atoms with Crippen molar-refractivity contribution >= 4 is 34.0 Å². The standard InChI is InChI=1S/C24H30N2OS2/c1-27-21-17-22-20(7-3-8-23(22)25-18-21)6-2-5-19-10-12-26(13-11-19)14-16-29-24-9-4-15-28-24/h3-4,7-9,15,17-19H,2,5-6,10-14,16H2,1H3. The fourth-order valence-electron chi connectivity index (χ4n) is 4.22. The van der Waals surface area contributed by atoms with Crippen LogP contribution < -0.4 is 4.74 Å². The Hall–Kier alpha value is -1.56. The molecular weight excluding hydrogens is 396 g/mol. The van der Waals surface area contributed by atoms with Crippen molar-refractivity contribution in [3.63, 3.8) is 0 Å². The van der Waals surface area contributed by atoms with Crippen molar-refractivity contribution in [2.75, 3.05) is 32.5 Å². The molecule has 1 aromatic carbocycles. The molecule has 1 aliphatic heterocycles. The number of aromatic nitrogens is 1. The highest BCUT2D eigenvalue weighted by Crippen LogP contribution is 2.27. The number of aryl methyl sites for hydroxylation is 1. The zero-order valence-corrected chi connectivity index (χ0v) is 18.8. The number of benzene rings is 1. The third kappa shape index (κ3) is 5.74. The van der Waals surface area contributed by atoms with Crippen LogP contribution in [0.3, 0.4) is 0 Å². The number of thiophene rings is 1. The van der Waals surface area contributed by atoms with Crippen molar-refractivity contribution < 1.29 is 4.74 Å². The van der Waals surface area contributed by atoms with Crippen LogP contribution in [0.1, 0.15) is 31.2 Å². The number of piperidine rings is 1. The first-order chi connectivity index (χ1) is 14.3. The van der Waals surface area contributed by atoms with E-state index in [0.29, 0.717) is 0 Å². The molecule has 29 heavy (non-hydrogen) atoms. The predicted molar refractivity (Wildman–Crippen MR) is 125 cm³/mol. The van der Waals surface area contributed by atoms with E-state index in [2.05, 4.69) is 51.7 Å². The van der Waals surface area contributed by atoms with Gasteiger partial charge in [-0.3, -0.25) is 4.98 Å². The van der Waals surface area contributed by atoms with Crippen LogP contribution in [0.5, 0.6) is 5.75 Å². The second kappa shape index (κ2) is 10.5. The van der Waals surface area contributed by atoms with E-state index in [9.17, 15) is 0 Å². The van der Waals surface area contributed by atoms with Crippen LogP contribution >= 0.6 is 23.1 Å². The van der Waals surface area contributed by atoms with Gasteiger partial charge < -0.3 is 9.64 Å². The molecule has 1 fully saturated rings. The number of thioether (sulfide) groups is 1. The Kier molecular flexibility index (Phi) is 7.47. The Balaban J connectivity index is 1.19. The van der Waals surface area contributed by atoms with E-state index in [1.807, 2.05) is 23.1 Å². The highest BCUT2D eigenvalue weighted by Gasteiger charge is 2.18. The van der Waals surface area contributed by atoms with Crippen LogP contribution in [0.25, 0.3) is 10.9 Å². The maximum atomic E-state index is 5.37. The van der Waals surface area contributed by atoms with Gasteiger partial charge in [0.25, 0.3) is 0 Å². The lowest BCUT2D eigenvalue weighted by Gasteiger charge is -2.31. The molecule has 2 aromatic heterocycles. The molecular formula is C24H30N2OS2. The molecule has 1 saturated heterocycles. The first-order valence-corrected chi connectivity index (χ1v) is 12.5. The molecule has 3 nitrogen and oxygen atoms in total. The van der Waals surface area contributed by atoms with Crippen molar-refractivity contribution in [2.24, 2.45) is 5.92 Å². The zero-order chi connectivity index (χ0) is 19.9. The van der Waals surface area contributed by atoms with E-state index in [0.717, 1.165) is 23.6 Å². The monoisotopic (exact) mass is 426 g/mol. The molecule has 0 aliphatic carbocycles. The molecule has 4 rings (SSSR count). The van der Waals surface area contributed by atoms with Crippen molar-refractivity contribution in [1.29, 1.82) is 0 Å². The lowest BCUT2D eigenvalue weighted by atomic mass is 9.90. The van der Waals surface area contributed by atoms with Gasteiger partial charge >= 0.3 is 0 Å². The number of hydrogen-bond donors (Lipinski definition) is 0. The maximum absolute atomic E-state index is 5.37. The fraction of sp³-hybridized carbons (Fsp3) is 0.458. The minimum atomic E-state index is 0.842. The molecule has 0 unspecified atom stereocenters. The average Bonchev–Trinajstić information content (AvgIpc) is 3.28. The zero-order valence-electron chi connectivity index (χ0n) is 17.2. The van der Waals surface area contributed by atoms with E-state index >= 15 is 0 Å². The largest absolute Gasteiger partial charge is 0.495 e. The highest BCUT2D eigenvalue weighted by atomic mass is 32.2. The van der Waals surface area contributed by atoms with Crippen LogP contribution in [0, 0.1) is 5.92 Å². The third-order valence-electron chi connectivity index (χ3n) is 5.94. The lowest BCUT2D eigenvalue weighted by molar-refractivity contribution is 0.186. The SMILES string of the molecule is COc1cnc2cccc(CCCC3CCN(CCSc4cccs4)CC3)c2c1. The number of ether oxygens (including phenoxy) is 1. The number of hydrogen-bond acceptors (Lipinski definition) is 5. The smallest absolute Gasteiger partial charge is 0.137 e. The first kappa shape index (κ1) is 20.7. The molecule has 5 heteroatoms. The van der Waals surface area contributed by atoms with Gasteiger partial charge in [0, 0.05) is 17.7 Å². The van der Waals surface area contributed by atoms with E-state index in [4.69, 9.17) is 4.74 Å². The summed E-state index contributed by atoms with van der Waals surface area (Å²) in [5, 5.41) is 3.41. The Bertz CT molecular complexity index is 889. The summed E-state index contributed by atoms with van der Waals surface area (Å²) in [6, 6.07) is 13.0. The topological polar surface area (TPSA) is 25.4 Å². The van der Waals surface area contributed by atoms with Crippen molar-refractivity contribution in [1.82, 2.24) is 9.88 Å². The summed E-state index contributed by atoms with van der Waals surface area (Å²) in [5.74, 6) is 2.94. The summed E-state index contributed by atoms with van der Waals surface area (Å²) in [4.78, 5) is 7.18. The van der Waals surface area contributed by atoms with Gasteiger partial charge in [-0.1, -0.05) is 24.6 Å². The number of pyridine rings is 1. The molecule has 0 radical (unpaired) electrons. The molecule has 0 atom stereocenters. The van der Waals surface area contributed by atoms with Crippen molar-refractivity contribution in [3.8, 4) is 5.75 Å². The number of fused-ring (bicyclic) bond motifs is 1. The van der Waals surface area contributed by atoms with E-state index in [1.165, 1.54) is 66.2 Å². The van der Waals surface area contributed by atoms with E-state index in [1.54, 1.807) is 13.3 Å². The summed E-state index contributed by atoms with van der Waals surface area (Å²) < 4.78 is 6.81. The molecule has 0 bridgehead atoms. The normalized spacial score (nSPS) is 15.8. The Morgan fingerprint density at radius 3 is 2.90 bits per heavy atom. The minimum Gasteiger partial charge on any atom is -0.495 e. The Labute approximate surface area is 182 Å². The third-order valence-corrected chi connectivity index (χ3v) is 8.05. The van der Waals surface area contributed by atoms with Crippen LogP contribution in [0.2, 0.25) is 0 Å². The summed E-state index contributed by atoms with van der Waals surface area (Å²) in [7, 11) is 1.71. The van der Waals surface area contributed by atoms with E-state index in [-0.39, 0.29) is 0 Å². The van der Waals surface area contributed by atoms with Crippen molar-refractivity contribution in [3.05, 3.63) is 53.5 Å². The maximum Gasteiger partial charge on any atom is 0.137 e. The predicted octanol–water partition coefficient (Wildman–Crippen LogP) is 6.13. The van der Waals surface area contributed by atoms with Gasteiger partial charge in [0.1, 0.15) is 5.75 Å². The number of nitrogens with zero attached hydrogens (tertiary/aromatic N) is 2. The van der Waals surface area contributed by atoms with Gasteiger partial charge in [-0.05, 0) is 73.8 Å². The van der Waals surface area contributed by atoms with Crippen LogP contribution in [-0.2, 0) is 6.42 Å². The highest BCUT2D eigenvalue weighted by molar-refractivity contribution is 8.01. The second-order valence-corrected chi connectivity index (χ2v) is 10.2. The molecule has 0 amide bonds. The molecule has 0 spiro atoms. The van der Waals surface area contributed by atoms with Gasteiger partial charge in [0.2, 0.25) is 0 Å². The minimum absolute atomic E-state index is 0.842. The van der Waals surface area contributed by atoms with Gasteiger partial charge in [-0.15, -0.1) is 23.1 Å². The number of likely N-dealkylation sites (tertiary alicyclic amines) is 1. The van der Waals surface area contributed by atoms with Crippen LogP contribution in [0.15, 0.2) is 52.2 Å². The molecule has 1 aliphatic rings. The van der Waals surface area contributed by atoms with Gasteiger partial charge in [-0.25, -0.2) is 0 Å². The van der Waals surface area contributed by atoms with Gasteiger partial charge in [0.05, 0.1) is 23.0 Å². The molecule has 3 heterocycles. The Morgan fingerprint density at radius 2 is 2.10 bits per heavy atom. The van der Waals surface area contributed by atoms with Crippen LogP contribution in [0.4, 0.5) is 0 Å². The lowest BCUT2D eigenvalue weighted by Crippen LogP contribution is -2.35. The summed E-state index contributed by atoms with van der Waals surface area (Å²) in [5.41, 5.74) is 2.47. The Morgan fingerprint density at radius 1 is 1.21 bits per heavy atom. The molecule has 0 saturated carbocycles. The summed E-state index contributed by atoms with van der Waals surface area (Å²) in [6.07, 6.45) is 8.24. The van der Waals surface area contributed by atoms with Gasteiger partial charge in [-0.2, -0.15) is 0 Å². The summed E-state index contributed by atoms with van der Waals surface area (Å²) >= 11 is 3.85. The van der Waals surface area contributed by atoms with Gasteiger partial charge in [0.15, 0.2) is 0 Å². The fourth-order valence-corrected chi connectivity index (χ4v) is 6.08. The van der Waals surface area contributed by atoms with Crippen LogP contribution in [-0.4, -0.2) is 42.4 Å². The quantitative estimate of drug-likeness (QED) is 0.384. The molecule has 154 valence electrons. The first-order valence-electron chi connectivity index (χ1n) is 10.6. The second-order valence-electron chi connectivity index (χ2n) is 7.82. The number of methoxy groups -OCH3 is 1. The number of rotatable bonds is 9.